The molecule has 0 spiro atoms. The quantitative estimate of drug-likeness (QED) is 0.712. The molecule has 4 rings (SSSR count). The second-order valence-electron chi connectivity index (χ2n) is 6.54. The van der Waals surface area contributed by atoms with Gasteiger partial charge in [-0.2, -0.15) is 0 Å². The summed E-state index contributed by atoms with van der Waals surface area (Å²) in [5.41, 5.74) is 4.57. The van der Waals surface area contributed by atoms with Crippen LogP contribution in [0.4, 0.5) is 0 Å². The van der Waals surface area contributed by atoms with Gasteiger partial charge in [-0.15, -0.1) is 11.3 Å². The Kier molecular flexibility index (Phi) is 4.60. The number of benzene rings is 2. The molecule has 1 atom stereocenters. The number of hydrogen-bond acceptors (Lipinski definition) is 4. The molecule has 0 bridgehead atoms. The summed E-state index contributed by atoms with van der Waals surface area (Å²) in [7, 11) is 0. The average molecular weight is 337 g/mol. The summed E-state index contributed by atoms with van der Waals surface area (Å²) in [6.45, 7) is 7.81. The maximum Gasteiger partial charge on any atom is 0.0795 e. The van der Waals surface area contributed by atoms with Crippen LogP contribution >= 0.6 is 11.3 Å². The topological polar surface area (TPSA) is 19.4 Å². The molecule has 2 heterocycles. The van der Waals surface area contributed by atoms with E-state index in [1.165, 1.54) is 22.0 Å². The molecule has 0 N–H and O–H groups in total. The highest BCUT2D eigenvalue weighted by atomic mass is 32.1. The van der Waals surface area contributed by atoms with Crippen molar-refractivity contribution in [2.75, 3.05) is 26.2 Å². The number of thiazole rings is 1. The number of hydrogen-bond donors (Lipinski definition) is 0. The van der Waals surface area contributed by atoms with Crippen molar-refractivity contribution in [2.45, 2.75) is 19.5 Å². The highest BCUT2D eigenvalue weighted by molar-refractivity contribution is 7.07. The molecule has 1 aliphatic rings. The Morgan fingerprint density at radius 3 is 2.62 bits per heavy atom. The zero-order chi connectivity index (χ0) is 16.4. The van der Waals surface area contributed by atoms with E-state index in [1.54, 1.807) is 11.3 Å². The van der Waals surface area contributed by atoms with E-state index in [0.29, 0.717) is 6.04 Å². The van der Waals surface area contributed by atoms with Crippen LogP contribution in [-0.4, -0.2) is 41.0 Å². The third kappa shape index (κ3) is 3.22. The third-order valence-electron chi connectivity index (χ3n) is 5.10. The third-order valence-corrected chi connectivity index (χ3v) is 5.73. The van der Waals surface area contributed by atoms with E-state index in [4.69, 9.17) is 0 Å². The predicted octanol–water partition coefficient (Wildman–Crippen LogP) is 4.18. The van der Waals surface area contributed by atoms with Crippen molar-refractivity contribution < 1.29 is 0 Å². The van der Waals surface area contributed by atoms with Crippen LogP contribution in [0.1, 0.15) is 24.2 Å². The first-order valence-corrected chi connectivity index (χ1v) is 9.56. The van der Waals surface area contributed by atoms with Gasteiger partial charge >= 0.3 is 0 Å². The van der Waals surface area contributed by atoms with Crippen molar-refractivity contribution in [3.05, 3.63) is 64.6 Å². The molecule has 1 fully saturated rings. The van der Waals surface area contributed by atoms with Crippen molar-refractivity contribution >= 4 is 22.1 Å². The van der Waals surface area contributed by atoms with Gasteiger partial charge in [0.1, 0.15) is 0 Å². The van der Waals surface area contributed by atoms with Crippen LogP contribution in [0.2, 0.25) is 0 Å². The summed E-state index contributed by atoms with van der Waals surface area (Å²) in [5, 5.41) is 4.88. The second-order valence-corrected chi connectivity index (χ2v) is 7.25. The van der Waals surface area contributed by atoms with E-state index < -0.39 is 0 Å². The first kappa shape index (κ1) is 15.8. The van der Waals surface area contributed by atoms with Gasteiger partial charge in [-0.25, -0.2) is 4.98 Å². The molecular weight excluding hydrogens is 314 g/mol. The monoisotopic (exact) mass is 337 g/mol. The van der Waals surface area contributed by atoms with Crippen LogP contribution in [0.25, 0.3) is 10.8 Å². The van der Waals surface area contributed by atoms with Crippen molar-refractivity contribution in [2.24, 2.45) is 0 Å². The zero-order valence-corrected chi connectivity index (χ0v) is 14.9. The van der Waals surface area contributed by atoms with Gasteiger partial charge in [-0.3, -0.25) is 9.80 Å². The SMILES string of the molecule is CC(c1cccc2ccccc12)N1CCN(Cc2cscn2)CC1. The summed E-state index contributed by atoms with van der Waals surface area (Å²) < 4.78 is 0. The van der Waals surface area contributed by atoms with Gasteiger partial charge < -0.3 is 0 Å². The summed E-state index contributed by atoms with van der Waals surface area (Å²) in [4.78, 5) is 9.54. The molecule has 0 saturated carbocycles. The fourth-order valence-corrected chi connectivity index (χ4v) is 4.21. The van der Waals surface area contributed by atoms with Crippen molar-refractivity contribution in [1.82, 2.24) is 14.8 Å². The fourth-order valence-electron chi connectivity index (χ4n) is 3.66. The van der Waals surface area contributed by atoms with Crippen molar-refractivity contribution in [1.29, 1.82) is 0 Å². The molecule has 0 amide bonds. The normalized spacial score (nSPS) is 18.0. The molecule has 1 aromatic heterocycles. The first-order valence-electron chi connectivity index (χ1n) is 8.62. The van der Waals surface area contributed by atoms with E-state index in [2.05, 4.69) is 69.6 Å². The number of nitrogens with zero attached hydrogens (tertiary/aromatic N) is 3. The molecule has 0 radical (unpaired) electrons. The standard InChI is InChI=1S/C20H23N3S/c1-16(19-8-4-6-17-5-2-3-7-20(17)19)23-11-9-22(10-12-23)13-18-14-24-15-21-18/h2-8,14-16H,9-13H2,1H3. The van der Waals surface area contributed by atoms with Gasteiger partial charge in [0.05, 0.1) is 11.2 Å². The van der Waals surface area contributed by atoms with Crippen LogP contribution in [0, 0.1) is 0 Å². The minimum Gasteiger partial charge on any atom is -0.295 e. The van der Waals surface area contributed by atoms with E-state index in [-0.39, 0.29) is 0 Å². The molecule has 0 aliphatic carbocycles. The van der Waals surface area contributed by atoms with Crippen molar-refractivity contribution in [3.8, 4) is 0 Å². The predicted molar refractivity (Wildman–Crippen MR) is 101 cm³/mol. The lowest BCUT2D eigenvalue weighted by Crippen LogP contribution is -2.46. The highest BCUT2D eigenvalue weighted by Gasteiger charge is 2.23. The number of piperazine rings is 1. The first-order chi connectivity index (χ1) is 11.8. The molecule has 3 nitrogen and oxygen atoms in total. The molecule has 3 aromatic rings. The Balaban J connectivity index is 1.45. The van der Waals surface area contributed by atoms with Gasteiger partial charge in [-0.05, 0) is 23.3 Å². The van der Waals surface area contributed by atoms with Crippen LogP contribution in [0.3, 0.4) is 0 Å². The smallest absolute Gasteiger partial charge is 0.0795 e. The Labute approximate surface area is 147 Å². The Morgan fingerprint density at radius 1 is 1.04 bits per heavy atom. The Bertz CT molecular complexity index is 786. The maximum atomic E-state index is 4.41. The Morgan fingerprint density at radius 2 is 1.83 bits per heavy atom. The molecule has 124 valence electrons. The fraction of sp³-hybridized carbons (Fsp3) is 0.350. The van der Waals surface area contributed by atoms with E-state index in [1.807, 2.05) is 5.51 Å². The van der Waals surface area contributed by atoms with Crippen LogP contribution in [0.15, 0.2) is 53.4 Å². The minimum absolute atomic E-state index is 0.456. The van der Waals surface area contributed by atoms with E-state index >= 15 is 0 Å². The maximum absolute atomic E-state index is 4.41. The average Bonchev–Trinajstić information content (AvgIpc) is 3.14. The lowest BCUT2D eigenvalue weighted by atomic mass is 9.98. The summed E-state index contributed by atoms with van der Waals surface area (Å²) >= 11 is 1.68. The molecule has 1 unspecified atom stereocenters. The molecule has 1 saturated heterocycles. The number of rotatable bonds is 4. The van der Waals surface area contributed by atoms with Gasteiger partial charge in [0.25, 0.3) is 0 Å². The van der Waals surface area contributed by atoms with E-state index in [9.17, 15) is 0 Å². The van der Waals surface area contributed by atoms with Crippen LogP contribution in [-0.2, 0) is 6.54 Å². The van der Waals surface area contributed by atoms with Crippen LogP contribution < -0.4 is 0 Å². The zero-order valence-electron chi connectivity index (χ0n) is 14.1. The largest absolute Gasteiger partial charge is 0.295 e. The van der Waals surface area contributed by atoms with Crippen molar-refractivity contribution in [3.63, 3.8) is 0 Å². The lowest BCUT2D eigenvalue weighted by Gasteiger charge is -2.38. The van der Waals surface area contributed by atoms with E-state index in [0.717, 1.165) is 32.7 Å². The molecule has 2 aromatic carbocycles. The number of aromatic nitrogens is 1. The summed E-state index contributed by atoms with van der Waals surface area (Å²) in [6, 6.07) is 15.9. The van der Waals surface area contributed by atoms with Gasteiger partial charge in [-0.1, -0.05) is 42.5 Å². The second kappa shape index (κ2) is 7.01. The van der Waals surface area contributed by atoms with Gasteiger partial charge in [0.15, 0.2) is 0 Å². The number of fused-ring (bicyclic) bond motifs is 1. The van der Waals surface area contributed by atoms with Gasteiger partial charge in [0.2, 0.25) is 0 Å². The molecule has 24 heavy (non-hydrogen) atoms. The van der Waals surface area contributed by atoms with Crippen LogP contribution in [0.5, 0.6) is 0 Å². The highest BCUT2D eigenvalue weighted by Crippen LogP contribution is 2.28. The minimum atomic E-state index is 0.456. The molecule has 4 heteroatoms. The summed E-state index contributed by atoms with van der Waals surface area (Å²) in [6.07, 6.45) is 0. The Hall–Kier alpha value is -1.75. The lowest BCUT2D eigenvalue weighted by molar-refractivity contribution is 0.0976. The molecular formula is C20H23N3S. The van der Waals surface area contributed by atoms with Gasteiger partial charge in [0, 0.05) is 44.1 Å². The summed E-state index contributed by atoms with van der Waals surface area (Å²) in [5.74, 6) is 0. The molecule has 1 aliphatic heterocycles.